The molecule has 0 bridgehead atoms. The highest BCUT2D eigenvalue weighted by Crippen LogP contribution is 2.29. The van der Waals surface area contributed by atoms with Crippen molar-refractivity contribution in [3.05, 3.63) is 57.9 Å². The number of rotatable bonds is 7. The fourth-order valence-electron chi connectivity index (χ4n) is 2.94. The van der Waals surface area contributed by atoms with Crippen LogP contribution in [0.25, 0.3) is 10.7 Å². The number of carbonyl (C=O) groups excluding carboxylic acids is 2. The molecule has 0 saturated heterocycles. The van der Waals surface area contributed by atoms with E-state index >= 15 is 0 Å². The van der Waals surface area contributed by atoms with E-state index < -0.39 is 21.8 Å². The van der Waals surface area contributed by atoms with Gasteiger partial charge in [-0.15, -0.1) is 11.3 Å². The molecular formula is C21H19ClN6O4S2. The van der Waals surface area contributed by atoms with E-state index in [1.165, 1.54) is 48.7 Å². The number of nitrogens with zero attached hydrogens (tertiary/aromatic N) is 5. The van der Waals surface area contributed by atoms with Gasteiger partial charge in [-0.25, -0.2) is 13.4 Å². The normalized spacial score (nSPS) is 12.0. The van der Waals surface area contributed by atoms with Crippen molar-refractivity contribution >= 4 is 44.6 Å². The number of amides is 2. The second-order valence-corrected chi connectivity index (χ2v) is 10.8. The zero-order valence-corrected chi connectivity index (χ0v) is 20.7. The zero-order chi connectivity index (χ0) is 25.0. The Balaban J connectivity index is 1.87. The Morgan fingerprint density at radius 1 is 1.24 bits per heavy atom. The summed E-state index contributed by atoms with van der Waals surface area (Å²) in [4.78, 5) is 39.7. The van der Waals surface area contributed by atoms with E-state index in [2.05, 4.69) is 20.3 Å². The summed E-state index contributed by atoms with van der Waals surface area (Å²) in [5, 5.41) is 12.1. The first-order chi connectivity index (χ1) is 16.0. The number of benzene rings is 1. The predicted octanol–water partition coefficient (Wildman–Crippen LogP) is 2.74. The van der Waals surface area contributed by atoms with E-state index in [1.54, 1.807) is 6.92 Å². The molecule has 0 aliphatic heterocycles. The maximum absolute atomic E-state index is 12.8. The van der Waals surface area contributed by atoms with Gasteiger partial charge in [0.25, 0.3) is 11.8 Å². The minimum Gasteiger partial charge on any atom is -0.344 e. The van der Waals surface area contributed by atoms with E-state index in [1.807, 2.05) is 6.07 Å². The van der Waals surface area contributed by atoms with Crippen LogP contribution in [0.5, 0.6) is 0 Å². The highest BCUT2D eigenvalue weighted by atomic mass is 35.5. The van der Waals surface area contributed by atoms with Gasteiger partial charge >= 0.3 is 0 Å². The average Bonchev–Trinajstić information content (AvgIpc) is 3.27. The molecule has 2 amide bonds. The van der Waals surface area contributed by atoms with Gasteiger partial charge in [-0.05, 0) is 25.1 Å². The van der Waals surface area contributed by atoms with E-state index in [-0.39, 0.29) is 27.9 Å². The Kier molecular flexibility index (Phi) is 7.61. The Labute approximate surface area is 205 Å². The fourth-order valence-corrected chi connectivity index (χ4v) is 4.83. The Morgan fingerprint density at radius 3 is 2.62 bits per heavy atom. The number of hydrogen-bond acceptors (Lipinski definition) is 9. The first-order valence-electron chi connectivity index (χ1n) is 9.72. The molecule has 10 nitrogen and oxygen atoms in total. The number of aromatic nitrogens is 3. The summed E-state index contributed by atoms with van der Waals surface area (Å²) in [6.07, 6.45) is 5.35. The van der Waals surface area contributed by atoms with Crippen molar-refractivity contribution in [2.75, 3.05) is 19.8 Å². The molecule has 1 atom stereocenters. The summed E-state index contributed by atoms with van der Waals surface area (Å²) in [6, 6.07) is 5.16. The Bertz CT molecular complexity index is 1400. The Hall–Kier alpha value is -3.40. The van der Waals surface area contributed by atoms with Gasteiger partial charge in [0.05, 0.1) is 28.9 Å². The van der Waals surface area contributed by atoms with Crippen LogP contribution in [0.1, 0.15) is 38.7 Å². The molecule has 13 heteroatoms. The van der Waals surface area contributed by atoms with Crippen molar-refractivity contribution < 1.29 is 18.0 Å². The van der Waals surface area contributed by atoms with E-state index in [9.17, 15) is 18.0 Å². The van der Waals surface area contributed by atoms with Crippen molar-refractivity contribution in [3.8, 4) is 16.8 Å². The third-order valence-corrected chi connectivity index (χ3v) is 6.92. The van der Waals surface area contributed by atoms with Crippen molar-refractivity contribution in [2.45, 2.75) is 17.9 Å². The quantitative estimate of drug-likeness (QED) is 0.470. The number of nitriles is 1. The maximum Gasteiger partial charge on any atom is 0.266 e. The van der Waals surface area contributed by atoms with Gasteiger partial charge in [-0.3, -0.25) is 19.6 Å². The molecule has 0 fully saturated rings. The van der Waals surface area contributed by atoms with Crippen LogP contribution in [-0.2, 0) is 9.84 Å². The van der Waals surface area contributed by atoms with Gasteiger partial charge in [0.2, 0.25) is 0 Å². The Morgan fingerprint density at radius 2 is 1.94 bits per heavy atom. The monoisotopic (exact) mass is 518 g/mol. The lowest BCUT2D eigenvalue weighted by Gasteiger charge is -2.16. The lowest BCUT2D eigenvalue weighted by atomic mass is 10.1. The van der Waals surface area contributed by atoms with Gasteiger partial charge < -0.3 is 10.2 Å². The molecule has 1 aromatic carbocycles. The van der Waals surface area contributed by atoms with Crippen molar-refractivity contribution in [1.82, 2.24) is 25.2 Å². The molecule has 0 aliphatic carbocycles. The summed E-state index contributed by atoms with van der Waals surface area (Å²) in [7, 11) is -2.05. The summed E-state index contributed by atoms with van der Waals surface area (Å²) in [5.74, 6) is -0.899. The molecule has 3 aromatic rings. The summed E-state index contributed by atoms with van der Waals surface area (Å²) < 4.78 is 23.8. The molecular weight excluding hydrogens is 500 g/mol. The lowest BCUT2D eigenvalue weighted by Crippen LogP contribution is -2.28. The topological polar surface area (TPSA) is 146 Å². The molecule has 1 unspecified atom stereocenters. The molecule has 34 heavy (non-hydrogen) atoms. The third-order valence-electron chi connectivity index (χ3n) is 4.62. The van der Waals surface area contributed by atoms with Gasteiger partial charge in [0, 0.05) is 36.3 Å². The van der Waals surface area contributed by atoms with Crippen molar-refractivity contribution in [1.29, 1.82) is 5.26 Å². The summed E-state index contributed by atoms with van der Waals surface area (Å²) in [6.45, 7) is 1.63. The second-order valence-electron chi connectivity index (χ2n) is 7.28. The van der Waals surface area contributed by atoms with Crippen LogP contribution in [0.4, 0.5) is 0 Å². The largest absolute Gasteiger partial charge is 0.344 e. The number of carbonyl (C=O) groups is 2. The molecule has 0 aliphatic rings. The van der Waals surface area contributed by atoms with Crippen molar-refractivity contribution in [3.63, 3.8) is 0 Å². The fraction of sp³-hybridized carbons (Fsp3) is 0.238. The lowest BCUT2D eigenvalue weighted by molar-refractivity contribution is 0.0816. The van der Waals surface area contributed by atoms with Crippen molar-refractivity contribution in [2.24, 2.45) is 0 Å². The number of sulfone groups is 1. The first-order valence-corrected chi connectivity index (χ1v) is 12.8. The van der Waals surface area contributed by atoms with Crippen LogP contribution >= 0.6 is 22.9 Å². The molecule has 0 spiro atoms. The van der Waals surface area contributed by atoms with E-state index in [0.717, 1.165) is 17.6 Å². The SMILES string of the molecule is CC(NC(=O)c1cc(Cl)cc(S(C)(=O)=O)c1)c1nccnc1-c1ncc(C(=O)N(C)CC#N)s1. The van der Waals surface area contributed by atoms with Crippen LogP contribution in [0.3, 0.4) is 0 Å². The number of thiazole rings is 1. The third kappa shape index (κ3) is 5.74. The maximum atomic E-state index is 12.8. The number of nitrogens with one attached hydrogen (secondary N) is 1. The van der Waals surface area contributed by atoms with Crippen LogP contribution < -0.4 is 5.32 Å². The number of halogens is 1. The second kappa shape index (κ2) is 10.3. The molecule has 0 saturated carbocycles. The molecule has 176 valence electrons. The molecule has 2 heterocycles. The summed E-state index contributed by atoms with van der Waals surface area (Å²) >= 11 is 7.10. The zero-order valence-electron chi connectivity index (χ0n) is 18.3. The van der Waals surface area contributed by atoms with Gasteiger partial charge in [-0.1, -0.05) is 11.6 Å². The van der Waals surface area contributed by atoms with Crippen LogP contribution in [0, 0.1) is 11.3 Å². The van der Waals surface area contributed by atoms with Gasteiger partial charge in [0.15, 0.2) is 9.84 Å². The van der Waals surface area contributed by atoms with Gasteiger partial charge in [-0.2, -0.15) is 5.26 Å². The molecule has 3 rings (SSSR count). The smallest absolute Gasteiger partial charge is 0.266 e. The van der Waals surface area contributed by atoms with E-state index in [4.69, 9.17) is 16.9 Å². The van der Waals surface area contributed by atoms with Crippen LogP contribution in [0.2, 0.25) is 5.02 Å². The van der Waals surface area contributed by atoms with Crippen LogP contribution in [0.15, 0.2) is 41.7 Å². The van der Waals surface area contributed by atoms with Gasteiger partial charge in [0.1, 0.15) is 22.1 Å². The summed E-state index contributed by atoms with van der Waals surface area (Å²) in [5.41, 5.74) is 0.859. The predicted molar refractivity (Wildman–Crippen MR) is 126 cm³/mol. The molecule has 2 aromatic heterocycles. The highest BCUT2D eigenvalue weighted by molar-refractivity contribution is 7.90. The number of hydrogen-bond donors (Lipinski definition) is 1. The molecule has 1 N–H and O–H groups in total. The minimum atomic E-state index is -3.56. The average molecular weight is 519 g/mol. The standard InChI is InChI=1S/C21H19ClN6O4S2/c1-12(27-19(29)13-8-14(22)10-15(9-13)34(3,31)32)17-18(25-6-5-24-17)20-26-11-16(33-20)21(30)28(2)7-4-23/h5-6,8-12H,7H2,1-3H3,(H,27,29). The molecule has 0 radical (unpaired) electrons. The van der Waals surface area contributed by atoms with E-state index in [0.29, 0.717) is 21.3 Å². The first kappa shape index (κ1) is 25.2. The highest BCUT2D eigenvalue weighted by Gasteiger charge is 2.22. The van der Waals surface area contributed by atoms with Crippen LogP contribution in [-0.4, -0.2) is 59.9 Å². The minimum absolute atomic E-state index is 0.0595.